The quantitative estimate of drug-likeness (QED) is 0.839. The molecule has 1 amide bonds. The summed E-state index contributed by atoms with van der Waals surface area (Å²) in [5, 5.41) is 2.67. The average molecular weight is 320 g/mol. The van der Waals surface area contributed by atoms with Crippen LogP contribution in [-0.2, 0) is 9.84 Å². The third kappa shape index (κ3) is 5.83. The molecule has 4 nitrogen and oxygen atoms in total. The second-order valence-corrected chi connectivity index (χ2v) is 6.92. The average Bonchev–Trinajstić information content (AvgIpc) is 2.24. The van der Waals surface area contributed by atoms with Crippen LogP contribution in [0, 0.1) is 0 Å². The van der Waals surface area contributed by atoms with Crippen molar-refractivity contribution in [1.29, 1.82) is 0 Å². The molecule has 0 unspecified atom stereocenters. The van der Waals surface area contributed by atoms with E-state index in [-0.39, 0.29) is 11.7 Å². The van der Waals surface area contributed by atoms with Crippen LogP contribution in [0.4, 0.5) is 0 Å². The van der Waals surface area contributed by atoms with Gasteiger partial charge in [0.1, 0.15) is 9.84 Å². The van der Waals surface area contributed by atoms with Crippen LogP contribution in [0.2, 0.25) is 0 Å². The lowest BCUT2D eigenvalue weighted by Gasteiger charge is -2.04. The highest BCUT2D eigenvalue weighted by Crippen LogP contribution is 2.10. The highest BCUT2D eigenvalue weighted by atomic mass is 79.9. The Labute approximate surface area is 109 Å². The molecule has 1 rings (SSSR count). The second-order valence-electron chi connectivity index (χ2n) is 3.75. The standard InChI is InChI=1S/C11H14BrNO3S/c1-17(15,16)8-2-7-13-11(14)9-3-5-10(12)6-4-9/h3-6H,2,7-8H2,1H3,(H,13,14). The monoisotopic (exact) mass is 319 g/mol. The molecule has 6 heteroatoms. The lowest BCUT2D eigenvalue weighted by Crippen LogP contribution is -2.25. The molecule has 0 atom stereocenters. The van der Waals surface area contributed by atoms with E-state index in [1.54, 1.807) is 24.3 Å². The highest BCUT2D eigenvalue weighted by molar-refractivity contribution is 9.10. The maximum Gasteiger partial charge on any atom is 0.251 e. The number of hydrogen-bond donors (Lipinski definition) is 1. The minimum absolute atomic E-state index is 0.0909. The van der Waals surface area contributed by atoms with Crippen LogP contribution in [-0.4, -0.2) is 32.9 Å². The normalized spacial score (nSPS) is 11.2. The molecule has 0 fully saturated rings. The number of rotatable bonds is 5. The fourth-order valence-electron chi connectivity index (χ4n) is 1.24. The van der Waals surface area contributed by atoms with Crippen LogP contribution < -0.4 is 5.32 Å². The van der Waals surface area contributed by atoms with Gasteiger partial charge in [-0.25, -0.2) is 8.42 Å². The molecule has 0 aliphatic heterocycles. The van der Waals surface area contributed by atoms with Gasteiger partial charge in [0.15, 0.2) is 0 Å². The Hall–Kier alpha value is -0.880. The number of carbonyl (C=O) groups is 1. The molecule has 0 spiro atoms. The van der Waals surface area contributed by atoms with Gasteiger partial charge in [0.05, 0.1) is 5.75 Å². The minimum atomic E-state index is -2.95. The van der Waals surface area contributed by atoms with Crippen molar-refractivity contribution in [2.75, 3.05) is 18.6 Å². The van der Waals surface area contributed by atoms with Crippen molar-refractivity contribution in [2.45, 2.75) is 6.42 Å². The van der Waals surface area contributed by atoms with E-state index >= 15 is 0 Å². The second kappa shape index (κ2) is 6.16. The summed E-state index contributed by atoms with van der Waals surface area (Å²) in [6, 6.07) is 6.97. The van der Waals surface area contributed by atoms with Gasteiger partial charge in [0.2, 0.25) is 0 Å². The number of sulfone groups is 1. The van der Waals surface area contributed by atoms with Gasteiger partial charge in [-0.3, -0.25) is 4.79 Å². The number of benzene rings is 1. The fraction of sp³-hybridized carbons (Fsp3) is 0.364. The van der Waals surface area contributed by atoms with Crippen molar-refractivity contribution in [2.24, 2.45) is 0 Å². The summed E-state index contributed by atoms with van der Waals surface area (Å²) < 4.78 is 22.6. The summed E-state index contributed by atoms with van der Waals surface area (Å²) in [4.78, 5) is 11.6. The fourth-order valence-corrected chi connectivity index (χ4v) is 2.17. The summed E-state index contributed by atoms with van der Waals surface area (Å²) in [5.41, 5.74) is 0.563. The van der Waals surface area contributed by atoms with Crippen LogP contribution in [0.1, 0.15) is 16.8 Å². The van der Waals surface area contributed by atoms with E-state index in [9.17, 15) is 13.2 Å². The zero-order valence-electron chi connectivity index (χ0n) is 9.44. The number of nitrogens with one attached hydrogen (secondary N) is 1. The van der Waals surface area contributed by atoms with Gasteiger partial charge in [-0.2, -0.15) is 0 Å². The van der Waals surface area contributed by atoms with Gasteiger partial charge in [0, 0.05) is 22.8 Å². The first-order valence-electron chi connectivity index (χ1n) is 5.10. The molecule has 0 radical (unpaired) electrons. The van der Waals surface area contributed by atoms with Gasteiger partial charge in [-0.15, -0.1) is 0 Å². The summed E-state index contributed by atoms with van der Waals surface area (Å²) in [5.74, 6) is -0.0980. The van der Waals surface area contributed by atoms with Crippen molar-refractivity contribution < 1.29 is 13.2 Å². The molecule has 1 N–H and O–H groups in total. The van der Waals surface area contributed by atoms with Gasteiger partial charge in [-0.05, 0) is 30.7 Å². The van der Waals surface area contributed by atoms with Gasteiger partial charge in [0.25, 0.3) is 5.91 Å². The first-order chi connectivity index (χ1) is 7.88. The number of amides is 1. The lowest BCUT2D eigenvalue weighted by molar-refractivity contribution is 0.0953. The predicted octanol–water partition coefficient (Wildman–Crippen LogP) is 1.61. The Kier molecular flexibility index (Phi) is 5.14. The lowest BCUT2D eigenvalue weighted by atomic mass is 10.2. The molecule has 17 heavy (non-hydrogen) atoms. The topological polar surface area (TPSA) is 63.2 Å². The van der Waals surface area contributed by atoms with Crippen molar-refractivity contribution in [3.8, 4) is 0 Å². The van der Waals surface area contributed by atoms with E-state index in [2.05, 4.69) is 21.2 Å². The molecular formula is C11H14BrNO3S. The summed E-state index contributed by atoms with van der Waals surface area (Å²) in [7, 11) is -2.95. The minimum Gasteiger partial charge on any atom is -0.352 e. The Bertz CT molecular complexity index is 482. The molecule has 0 aromatic heterocycles. The molecule has 0 heterocycles. The third-order valence-corrected chi connectivity index (χ3v) is 3.64. The largest absolute Gasteiger partial charge is 0.352 e. The first-order valence-corrected chi connectivity index (χ1v) is 7.95. The van der Waals surface area contributed by atoms with Gasteiger partial charge < -0.3 is 5.32 Å². The van der Waals surface area contributed by atoms with Crippen molar-refractivity contribution in [3.63, 3.8) is 0 Å². The van der Waals surface area contributed by atoms with Crippen LogP contribution in [0.5, 0.6) is 0 Å². The summed E-state index contributed by atoms with van der Waals surface area (Å²) in [6.07, 6.45) is 1.62. The maximum atomic E-state index is 11.6. The Morgan fingerprint density at radius 3 is 2.41 bits per heavy atom. The Morgan fingerprint density at radius 2 is 1.88 bits per heavy atom. The number of hydrogen-bond acceptors (Lipinski definition) is 3. The maximum absolute atomic E-state index is 11.6. The molecule has 94 valence electrons. The molecule has 0 saturated heterocycles. The zero-order valence-corrected chi connectivity index (χ0v) is 11.8. The number of halogens is 1. The van der Waals surface area contributed by atoms with Crippen molar-refractivity contribution in [3.05, 3.63) is 34.3 Å². The molecular weight excluding hydrogens is 306 g/mol. The summed E-state index contributed by atoms with van der Waals surface area (Å²) >= 11 is 3.28. The molecule has 0 saturated carbocycles. The van der Waals surface area contributed by atoms with Crippen LogP contribution in [0.25, 0.3) is 0 Å². The Morgan fingerprint density at radius 1 is 1.29 bits per heavy atom. The van der Waals surface area contributed by atoms with E-state index in [1.807, 2.05) is 0 Å². The van der Waals surface area contributed by atoms with Crippen LogP contribution in [0.15, 0.2) is 28.7 Å². The van der Waals surface area contributed by atoms with E-state index in [0.29, 0.717) is 18.5 Å². The predicted molar refractivity (Wildman–Crippen MR) is 70.8 cm³/mol. The molecule has 1 aromatic rings. The molecule has 0 bridgehead atoms. The SMILES string of the molecule is CS(=O)(=O)CCCNC(=O)c1ccc(Br)cc1. The van der Waals surface area contributed by atoms with Crippen LogP contribution >= 0.6 is 15.9 Å². The van der Waals surface area contributed by atoms with Crippen LogP contribution in [0.3, 0.4) is 0 Å². The van der Waals surface area contributed by atoms with Crippen molar-refractivity contribution >= 4 is 31.7 Å². The molecule has 0 aliphatic carbocycles. The smallest absolute Gasteiger partial charge is 0.251 e. The zero-order chi connectivity index (χ0) is 12.9. The molecule has 1 aromatic carbocycles. The highest BCUT2D eigenvalue weighted by Gasteiger charge is 2.05. The van der Waals surface area contributed by atoms with E-state index in [4.69, 9.17) is 0 Å². The van der Waals surface area contributed by atoms with Gasteiger partial charge in [-0.1, -0.05) is 15.9 Å². The van der Waals surface area contributed by atoms with Gasteiger partial charge >= 0.3 is 0 Å². The Balaban J connectivity index is 2.38. The van der Waals surface area contributed by atoms with E-state index in [0.717, 1.165) is 4.47 Å². The summed E-state index contributed by atoms with van der Waals surface area (Å²) in [6.45, 7) is 0.363. The van der Waals surface area contributed by atoms with E-state index in [1.165, 1.54) is 6.26 Å². The van der Waals surface area contributed by atoms with E-state index < -0.39 is 9.84 Å². The number of carbonyl (C=O) groups excluding carboxylic acids is 1. The first kappa shape index (κ1) is 14.2. The molecule has 0 aliphatic rings. The third-order valence-electron chi connectivity index (χ3n) is 2.08. The van der Waals surface area contributed by atoms with Crippen molar-refractivity contribution in [1.82, 2.24) is 5.32 Å².